The van der Waals surface area contributed by atoms with Gasteiger partial charge in [-0.1, -0.05) is 18.2 Å². The van der Waals surface area contributed by atoms with Gasteiger partial charge in [0.1, 0.15) is 11.9 Å². The number of hydroxylamine groups is 1. The Morgan fingerprint density at radius 3 is 2.47 bits per heavy atom. The second-order valence-electron chi connectivity index (χ2n) is 5.88. The predicted octanol–water partition coefficient (Wildman–Crippen LogP) is 2.68. The lowest BCUT2D eigenvalue weighted by Crippen LogP contribution is -2.35. The molecule has 2 atom stereocenters. The van der Waals surface area contributed by atoms with Crippen molar-refractivity contribution in [1.82, 2.24) is 10.8 Å². The van der Waals surface area contributed by atoms with E-state index in [1.165, 1.54) is 36.9 Å². The average Bonchev–Trinajstić information content (AvgIpc) is 2.75. The second kappa shape index (κ2) is 11.3. The zero-order valence-electron chi connectivity index (χ0n) is 15.7. The zero-order chi connectivity index (χ0) is 22.1. The first-order valence-corrected chi connectivity index (χ1v) is 9.64. The number of hydrogen-bond acceptors (Lipinski definition) is 7. The smallest absolute Gasteiger partial charge is 0.414 e. The molecule has 0 aliphatic heterocycles. The maximum Gasteiger partial charge on any atom is 0.414 e. The van der Waals surface area contributed by atoms with E-state index in [0.717, 1.165) is 9.65 Å². The van der Waals surface area contributed by atoms with Crippen molar-refractivity contribution in [3.63, 3.8) is 0 Å². The van der Waals surface area contributed by atoms with Crippen LogP contribution in [-0.2, 0) is 14.3 Å². The summed E-state index contributed by atoms with van der Waals surface area (Å²) < 4.78 is 11.4. The van der Waals surface area contributed by atoms with Gasteiger partial charge in [0.05, 0.1) is 0 Å². The third-order valence-electron chi connectivity index (χ3n) is 3.90. The third kappa shape index (κ3) is 6.54. The number of phenols is 1. The lowest BCUT2D eigenvalue weighted by molar-refractivity contribution is -0.124. The number of rotatable bonds is 7. The standard InChI is InChI=1S/C20H19IN2O7/c1-29-16(9-10-17(25)23-28)18(14-11-13(21)7-8-15(14)24)30-20(27)22-19(26)12-5-3-2-4-6-12/h2-11,16,18,24,28H,1H3,(H,23,25)(H,22,26,27)/b10-9+/t16-,18-/m0/s1. The molecule has 0 radical (unpaired) electrons. The number of ether oxygens (including phenoxy) is 2. The van der Waals surface area contributed by atoms with E-state index in [1.54, 1.807) is 30.3 Å². The molecular weight excluding hydrogens is 507 g/mol. The molecule has 2 aromatic rings. The van der Waals surface area contributed by atoms with E-state index < -0.39 is 30.1 Å². The first-order valence-electron chi connectivity index (χ1n) is 8.56. The second-order valence-corrected chi connectivity index (χ2v) is 7.13. The van der Waals surface area contributed by atoms with Crippen LogP contribution < -0.4 is 10.8 Å². The van der Waals surface area contributed by atoms with E-state index in [2.05, 4.69) is 5.32 Å². The van der Waals surface area contributed by atoms with Gasteiger partial charge in [-0.3, -0.25) is 20.1 Å². The molecule has 0 fully saturated rings. The number of amides is 3. The van der Waals surface area contributed by atoms with Crippen LogP contribution >= 0.6 is 22.6 Å². The summed E-state index contributed by atoms with van der Waals surface area (Å²) in [7, 11) is 1.31. The lowest BCUT2D eigenvalue weighted by atomic mass is 10.0. The van der Waals surface area contributed by atoms with E-state index in [0.29, 0.717) is 0 Å². The molecule has 10 heteroatoms. The summed E-state index contributed by atoms with van der Waals surface area (Å²) in [6.45, 7) is 0. The summed E-state index contributed by atoms with van der Waals surface area (Å²) in [6.07, 6.45) is -1.10. The van der Waals surface area contributed by atoms with Gasteiger partial charge < -0.3 is 14.6 Å². The normalized spacial score (nSPS) is 12.8. The average molecular weight is 526 g/mol. The molecule has 0 aliphatic carbocycles. The fourth-order valence-electron chi connectivity index (χ4n) is 2.48. The monoisotopic (exact) mass is 526 g/mol. The van der Waals surface area contributed by atoms with Crippen LogP contribution in [-0.4, -0.2) is 41.4 Å². The fourth-order valence-corrected chi connectivity index (χ4v) is 3.00. The first-order chi connectivity index (χ1) is 14.3. The van der Waals surface area contributed by atoms with Gasteiger partial charge in [-0.25, -0.2) is 10.3 Å². The minimum Gasteiger partial charge on any atom is -0.508 e. The molecule has 0 unspecified atom stereocenters. The summed E-state index contributed by atoms with van der Waals surface area (Å²) >= 11 is 2.01. The quantitative estimate of drug-likeness (QED) is 0.189. The maximum absolute atomic E-state index is 12.4. The van der Waals surface area contributed by atoms with Gasteiger partial charge in [-0.2, -0.15) is 0 Å². The highest BCUT2D eigenvalue weighted by Gasteiger charge is 2.29. The summed E-state index contributed by atoms with van der Waals surface area (Å²) in [5.74, 6) is -1.67. The van der Waals surface area contributed by atoms with Crippen LogP contribution in [0.3, 0.4) is 0 Å². The molecule has 0 saturated heterocycles. The van der Waals surface area contributed by atoms with Gasteiger partial charge in [0.2, 0.25) is 0 Å². The predicted molar refractivity (Wildman–Crippen MR) is 114 cm³/mol. The number of aromatic hydroxyl groups is 1. The molecule has 2 rings (SSSR count). The number of phenolic OH excluding ortho intramolecular Hbond substituents is 1. The third-order valence-corrected chi connectivity index (χ3v) is 4.57. The fraction of sp³-hybridized carbons (Fsp3) is 0.150. The molecule has 0 heterocycles. The van der Waals surface area contributed by atoms with Crippen LogP contribution in [0.2, 0.25) is 0 Å². The summed E-state index contributed by atoms with van der Waals surface area (Å²) in [5.41, 5.74) is 1.89. The van der Waals surface area contributed by atoms with E-state index in [9.17, 15) is 19.5 Å². The van der Waals surface area contributed by atoms with Gasteiger partial charge in [-0.15, -0.1) is 0 Å². The summed E-state index contributed by atoms with van der Waals surface area (Å²) in [5, 5.41) is 21.0. The Morgan fingerprint density at radius 2 is 1.83 bits per heavy atom. The number of halogens is 1. The van der Waals surface area contributed by atoms with E-state index in [-0.39, 0.29) is 16.9 Å². The largest absolute Gasteiger partial charge is 0.508 e. The van der Waals surface area contributed by atoms with Gasteiger partial charge in [0.15, 0.2) is 6.10 Å². The summed E-state index contributed by atoms with van der Waals surface area (Å²) in [6, 6.07) is 12.7. The Morgan fingerprint density at radius 1 is 1.13 bits per heavy atom. The molecule has 9 nitrogen and oxygen atoms in total. The highest BCUT2D eigenvalue weighted by Crippen LogP contribution is 2.32. The van der Waals surface area contributed by atoms with Crippen molar-refractivity contribution in [3.05, 3.63) is 75.4 Å². The Labute approximate surface area is 185 Å². The number of imide groups is 1. The van der Waals surface area contributed by atoms with E-state index >= 15 is 0 Å². The van der Waals surface area contributed by atoms with Crippen molar-refractivity contribution in [3.8, 4) is 5.75 Å². The number of nitrogens with one attached hydrogen (secondary N) is 2. The van der Waals surface area contributed by atoms with Crippen molar-refractivity contribution >= 4 is 40.5 Å². The maximum atomic E-state index is 12.4. The number of methoxy groups -OCH3 is 1. The van der Waals surface area contributed by atoms with Gasteiger partial charge >= 0.3 is 6.09 Å². The van der Waals surface area contributed by atoms with E-state index in [4.69, 9.17) is 14.7 Å². The van der Waals surface area contributed by atoms with Crippen molar-refractivity contribution in [2.45, 2.75) is 12.2 Å². The number of carbonyl (C=O) groups excluding carboxylic acids is 3. The Bertz CT molecular complexity index is 934. The first kappa shape index (κ1) is 23.3. The SMILES string of the molecule is CO[C@@H](/C=C/C(=O)NO)[C@@H](OC(=O)NC(=O)c1ccccc1)c1cc(I)ccc1O. The summed E-state index contributed by atoms with van der Waals surface area (Å²) in [4.78, 5) is 35.9. The molecule has 0 aliphatic rings. The molecule has 30 heavy (non-hydrogen) atoms. The minimum absolute atomic E-state index is 0.176. The zero-order valence-corrected chi connectivity index (χ0v) is 17.9. The molecule has 0 aromatic heterocycles. The van der Waals surface area contributed by atoms with Gasteiger partial charge in [-0.05, 0) is 59.0 Å². The van der Waals surface area contributed by atoms with Crippen LogP contribution in [0.1, 0.15) is 22.0 Å². The number of alkyl carbamates (subject to hydrolysis) is 1. The van der Waals surface area contributed by atoms with Gasteiger partial charge in [0, 0.05) is 27.9 Å². The molecule has 4 N–H and O–H groups in total. The van der Waals surface area contributed by atoms with E-state index in [1.807, 2.05) is 22.6 Å². The molecule has 0 saturated carbocycles. The number of carbonyl (C=O) groups is 3. The Balaban J connectivity index is 2.29. The van der Waals surface area contributed by atoms with Crippen LogP contribution in [0.25, 0.3) is 0 Å². The molecule has 0 bridgehead atoms. The molecular formula is C20H19IN2O7. The molecule has 158 valence electrons. The van der Waals surface area contributed by atoms with Crippen LogP contribution in [0.5, 0.6) is 5.75 Å². The van der Waals surface area contributed by atoms with Crippen LogP contribution in [0.4, 0.5) is 4.79 Å². The number of benzene rings is 2. The Kier molecular flexibility index (Phi) is 8.77. The number of hydrogen-bond donors (Lipinski definition) is 4. The van der Waals surface area contributed by atoms with Crippen molar-refractivity contribution in [2.75, 3.05) is 7.11 Å². The molecule has 3 amide bonds. The molecule has 2 aromatic carbocycles. The van der Waals surface area contributed by atoms with Crippen molar-refractivity contribution in [2.24, 2.45) is 0 Å². The lowest BCUT2D eigenvalue weighted by Gasteiger charge is -2.25. The minimum atomic E-state index is -1.21. The molecule has 0 spiro atoms. The highest BCUT2D eigenvalue weighted by molar-refractivity contribution is 14.1. The van der Waals surface area contributed by atoms with Crippen LogP contribution in [0.15, 0.2) is 60.7 Å². The van der Waals surface area contributed by atoms with Crippen molar-refractivity contribution < 1.29 is 34.2 Å². The topological polar surface area (TPSA) is 134 Å². The van der Waals surface area contributed by atoms with Crippen LogP contribution in [0, 0.1) is 3.57 Å². The Hall–Kier alpha value is -2.96. The highest BCUT2D eigenvalue weighted by atomic mass is 127. The van der Waals surface area contributed by atoms with Gasteiger partial charge in [0.25, 0.3) is 11.8 Å². The van der Waals surface area contributed by atoms with Crippen molar-refractivity contribution in [1.29, 1.82) is 0 Å².